The Morgan fingerprint density at radius 2 is 2.82 bits per heavy atom. The summed E-state index contributed by atoms with van der Waals surface area (Å²) in [6.07, 6.45) is 1.72. The van der Waals surface area contributed by atoms with E-state index in [1.807, 2.05) is 6.07 Å². The van der Waals surface area contributed by atoms with Gasteiger partial charge in [0.05, 0.1) is 18.4 Å². The maximum absolute atomic E-state index is 8.25. The normalized spacial score (nSPS) is 21.7. The molecule has 3 nitrogen and oxygen atoms in total. The van der Waals surface area contributed by atoms with Crippen LogP contribution in [0.15, 0.2) is 17.6 Å². The molecule has 0 spiro atoms. The Labute approximate surface area is 69.8 Å². The molecule has 0 aromatic heterocycles. The zero-order chi connectivity index (χ0) is 8.10. The summed E-state index contributed by atoms with van der Waals surface area (Å²) in [4.78, 5) is 4.06. The van der Waals surface area contributed by atoms with Crippen LogP contribution in [-0.2, 0) is 4.74 Å². The molecular weight excluding hydrogens is 160 g/mol. The minimum atomic E-state index is 0.0104. The van der Waals surface area contributed by atoms with Crippen molar-refractivity contribution in [1.29, 1.82) is 5.26 Å². The summed E-state index contributed by atoms with van der Waals surface area (Å²) in [5.74, 6) is 0.392. The van der Waals surface area contributed by atoms with E-state index in [-0.39, 0.29) is 6.10 Å². The van der Waals surface area contributed by atoms with Crippen LogP contribution in [-0.4, -0.2) is 23.6 Å². The zero-order valence-corrected chi connectivity index (χ0v) is 6.80. The monoisotopic (exact) mass is 168 g/mol. The van der Waals surface area contributed by atoms with E-state index in [4.69, 9.17) is 10.00 Å². The number of thioether (sulfide) groups is 1. The molecule has 1 unspecified atom stereocenters. The van der Waals surface area contributed by atoms with Gasteiger partial charge < -0.3 is 4.74 Å². The lowest BCUT2D eigenvalue weighted by molar-refractivity contribution is 0.282. The van der Waals surface area contributed by atoms with Gasteiger partial charge in [-0.25, -0.2) is 4.99 Å². The summed E-state index contributed by atoms with van der Waals surface area (Å²) in [5.41, 5.74) is 0. The molecule has 1 atom stereocenters. The number of ether oxygens (including phenoxy) is 1. The maximum atomic E-state index is 8.25. The van der Waals surface area contributed by atoms with E-state index >= 15 is 0 Å². The van der Waals surface area contributed by atoms with Gasteiger partial charge in [-0.15, -0.1) is 0 Å². The molecular formula is C7H8N2OS. The van der Waals surface area contributed by atoms with Gasteiger partial charge in [-0.3, -0.25) is 0 Å². The highest BCUT2D eigenvalue weighted by atomic mass is 32.2. The number of nitrogens with zero attached hydrogens (tertiary/aromatic N) is 2. The Hall–Kier alpha value is -0.950. The Bertz CT molecular complexity index is 219. The average molecular weight is 168 g/mol. The van der Waals surface area contributed by atoms with Crippen LogP contribution in [0.2, 0.25) is 0 Å². The molecule has 0 aromatic rings. The molecule has 1 heterocycles. The molecule has 1 rings (SSSR count). The highest BCUT2D eigenvalue weighted by Gasteiger charge is 2.15. The molecule has 0 N–H and O–H groups in total. The van der Waals surface area contributed by atoms with E-state index in [0.29, 0.717) is 17.5 Å². The second-order valence-corrected chi connectivity index (χ2v) is 2.87. The van der Waals surface area contributed by atoms with Crippen molar-refractivity contribution >= 4 is 17.0 Å². The molecule has 0 amide bonds. The van der Waals surface area contributed by atoms with Crippen LogP contribution >= 0.6 is 11.8 Å². The van der Waals surface area contributed by atoms with Crippen LogP contribution in [0.4, 0.5) is 0 Å². The Morgan fingerprint density at radius 1 is 2.00 bits per heavy atom. The molecule has 1 aliphatic rings. The Balaban J connectivity index is 2.29. The highest BCUT2D eigenvalue weighted by Crippen LogP contribution is 2.14. The van der Waals surface area contributed by atoms with E-state index in [2.05, 4.69) is 11.6 Å². The maximum Gasteiger partial charge on any atom is 0.247 e. The zero-order valence-electron chi connectivity index (χ0n) is 5.99. The second-order valence-electron chi connectivity index (χ2n) is 1.95. The first kappa shape index (κ1) is 8.15. The number of aliphatic imine (C=N–C) groups is 1. The third kappa shape index (κ3) is 2.28. The number of hydrogen-bond acceptors (Lipinski definition) is 4. The molecule has 0 saturated carbocycles. The lowest BCUT2D eigenvalue weighted by Crippen LogP contribution is -2.07. The lowest BCUT2D eigenvalue weighted by atomic mass is 10.4. The van der Waals surface area contributed by atoms with Crippen molar-refractivity contribution in [1.82, 2.24) is 0 Å². The standard InChI is InChI=1S/C7H8N2OS/c1-2-6-5-9-7(10-6)11-4-3-8/h2,6H,1,4-5H2. The summed E-state index contributed by atoms with van der Waals surface area (Å²) >= 11 is 1.32. The summed E-state index contributed by atoms with van der Waals surface area (Å²) in [6.45, 7) is 4.22. The van der Waals surface area contributed by atoms with Crippen molar-refractivity contribution in [3.05, 3.63) is 12.7 Å². The fourth-order valence-electron chi connectivity index (χ4n) is 0.665. The van der Waals surface area contributed by atoms with Crippen LogP contribution in [0.25, 0.3) is 0 Å². The van der Waals surface area contributed by atoms with Crippen LogP contribution in [0, 0.1) is 11.3 Å². The van der Waals surface area contributed by atoms with Gasteiger partial charge in [-0.05, 0) is 6.08 Å². The van der Waals surface area contributed by atoms with Gasteiger partial charge in [-0.1, -0.05) is 18.3 Å². The number of nitriles is 1. The summed E-state index contributed by atoms with van der Waals surface area (Å²) in [7, 11) is 0. The molecule has 11 heavy (non-hydrogen) atoms. The Morgan fingerprint density at radius 3 is 3.36 bits per heavy atom. The van der Waals surface area contributed by atoms with E-state index < -0.39 is 0 Å². The average Bonchev–Trinajstić information content (AvgIpc) is 2.48. The molecule has 4 heteroatoms. The van der Waals surface area contributed by atoms with Crippen molar-refractivity contribution in [3.8, 4) is 6.07 Å². The molecule has 0 radical (unpaired) electrons. The molecule has 0 aliphatic carbocycles. The van der Waals surface area contributed by atoms with Gasteiger partial charge >= 0.3 is 0 Å². The van der Waals surface area contributed by atoms with Crippen LogP contribution in [0.5, 0.6) is 0 Å². The summed E-state index contributed by atoms with van der Waals surface area (Å²) in [5, 5.41) is 8.86. The first-order valence-corrected chi connectivity index (χ1v) is 4.19. The van der Waals surface area contributed by atoms with Crippen molar-refractivity contribution in [2.24, 2.45) is 4.99 Å². The third-order valence-electron chi connectivity index (χ3n) is 1.18. The van der Waals surface area contributed by atoms with Gasteiger partial charge in [0, 0.05) is 0 Å². The predicted molar refractivity (Wildman–Crippen MR) is 45.4 cm³/mol. The van der Waals surface area contributed by atoms with Gasteiger partial charge in [0.2, 0.25) is 5.23 Å². The van der Waals surface area contributed by atoms with Crippen LogP contribution < -0.4 is 0 Å². The van der Waals surface area contributed by atoms with E-state index in [9.17, 15) is 0 Å². The smallest absolute Gasteiger partial charge is 0.247 e. The molecule has 1 aliphatic heterocycles. The van der Waals surface area contributed by atoms with E-state index in [1.165, 1.54) is 11.8 Å². The Kier molecular flexibility index (Phi) is 2.99. The van der Waals surface area contributed by atoms with Crippen molar-refractivity contribution in [2.45, 2.75) is 6.10 Å². The van der Waals surface area contributed by atoms with Gasteiger partial charge in [0.1, 0.15) is 6.10 Å². The molecule has 0 bridgehead atoms. The van der Waals surface area contributed by atoms with Gasteiger partial charge in [0.25, 0.3) is 0 Å². The molecule has 0 fully saturated rings. The van der Waals surface area contributed by atoms with Crippen molar-refractivity contribution in [3.63, 3.8) is 0 Å². The first-order valence-electron chi connectivity index (χ1n) is 3.20. The summed E-state index contributed by atoms with van der Waals surface area (Å²) in [6, 6.07) is 2.00. The quantitative estimate of drug-likeness (QED) is 0.582. The van der Waals surface area contributed by atoms with Crippen molar-refractivity contribution in [2.75, 3.05) is 12.3 Å². The lowest BCUT2D eigenvalue weighted by Gasteiger charge is -2.02. The summed E-state index contributed by atoms with van der Waals surface area (Å²) < 4.78 is 5.26. The molecule has 58 valence electrons. The second kappa shape index (κ2) is 4.04. The minimum Gasteiger partial charge on any atom is -0.464 e. The van der Waals surface area contributed by atoms with Crippen LogP contribution in [0.3, 0.4) is 0 Å². The fourth-order valence-corrected chi connectivity index (χ4v) is 1.21. The number of rotatable bonds is 2. The molecule has 0 saturated heterocycles. The predicted octanol–water partition coefficient (Wildman–Crippen LogP) is 1.18. The fraction of sp³-hybridized carbons (Fsp3) is 0.429. The van der Waals surface area contributed by atoms with Crippen LogP contribution in [0.1, 0.15) is 0 Å². The topological polar surface area (TPSA) is 45.4 Å². The SMILES string of the molecule is C=CC1CN=C(SCC#N)O1. The van der Waals surface area contributed by atoms with E-state index in [0.717, 1.165) is 0 Å². The van der Waals surface area contributed by atoms with E-state index in [1.54, 1.807) is 6.08 Å². The van der Waals surface area contributed by atoms with Crippen molar-refractivity contribution < 1.29 is 4.74 Å². The first-order chi connectivity index (χ1) is 5.36. The van der Waals surface area contributed by atoms with Gasteiger partial charge in [0.15, 0.2) is 0 Å². The highest BCUT2D eigenvalue weighted by molar-refractivity contribution is 8.13. The third-order valence-corrected chi connectivity index (χ3v) is 1.92. The van der Waals surface area contributed by atoms with Gasteiger partial charge in [-0.2, -0.15) is 5.26 Å². The minimum absolute atomic E-state index is 0.0104. The molecule has 0 aromatic carbocycles. The number of hydrogen-bond donors (Lipinski definition) is 0. The largest absolute Gasteiger partial charge is 0.464 e.